The molecule has 1 atom stereocenters. The van der Waals surface area contributed by atoms with Crippen LogP contribution in [0.4, 0.5) is 0 Å². The molecule has 0 aliphatic carbocycles. The van der Waals surface area contributed by atoms with E-state index in [0.29, 0.717) is 0 Å². The van der Waals surface area contributed by atoms with Gasteiger partial charge in [-0.05, 0) is 12.5 Å². The Bertz CT molecular complexity index is 217. The van der Waals surface area contributed by atoms with Gasteiger partial charge in [0.25, 0.3) is 0 Å². The number of carboxylic acid groups (broad SMARTS) is 1. The summed E-state index contributed by atoms with van der Waals surface area (Å²) in [6.45, 7) is 6.71. The molecule has 88 valence electrons. The average Bonchev–Trinajstić information content (AvgIpc) is 2.13. The van der Waals surface area contributed by atoms with Crippen molar-refractivity contribution in [2.75, 3.05) is 19.6 Å². The van der Waals surface area contributed by atoms with Gasteiger partial charge in [-0.2, -0.15) is 0 Å². The van der Waals surface area contributed by atoms with Gasteiger partial charge < -0.3 is 15.7 Å². The molecule has 15 heavy (non-hydrogen) atoms. The second-order valence-corrected chi connectivity index (χ2v) is 3.77. The van der Waals surface area contributed by atoms with Crippen molar-refractivity contribution in [1.82, 2.24) is 10.6 Å². The van der Waals surface area contributed by atoms with Gasteiger partial charge >= 0.3 is 5.97 Å². The van der Waals surface area contributed by atoms with Crippen LogP contribution in [0.15, 0.2) is 0 Å². The molecule has 0 bridgehead atoms. The molecule has 1 unspecified atom stereocenters. The number of rotatable bonds is 7. The summed E-state index contributed by atoms with van der Waals surface area (Å²) in [5.41, 5.74) is 0. The fourth-order valence-corrected chi connectivity index (χ4v) is 1.13. The van der Waals surface area contributed by atoms with E-state index < -0.39 is 11.9 Å². The molecule has 0 aliphatic rings. The van der Waals surface area contributed by atoms with Gasteiger partial charge in [0.2, 0.25) is 5.91 Å². The Balaban J connectivity index is 3.89. The fraction of sp³-hybridized carbons (Fsp3) is 0.800. The highest BCUT2D eigenvalue weighted by atomic mass is 16.4. The van der Waals surface area contributed by atoms with Crippen LogP contribution >= 0.6 is 0 Å². The number of nitrogens with one attached hydrogen (secondary N) is 2. The third-order valence-electron chi connectivity index (χ3n) is 2.18. The van der Waals surface area contributed by atoms with Crippen LogP contribution in [0.5, 0.6) is 0 Å². The molecule has 0 spiro atoms. The third kappa shape index (κ3) is 6.06. The van der Waals surface area contributed by atoms with Gasteiger partial charge in [0, 0.05) is 6.54 Å². The predicted octanol–water partition coefficient (Wildman–Crippen LogP) is 0.0689. The van der Waals surface area contributed by atoms with Gasteiger partial charge in [0.15, 0.2) is 0 Å². The van der Waals surface area contributed by atoms with Crippen LogP contribution in [-0.2, 0) is 9.59 Å². The maximum Gasteiger partial charge on any atom is 0.308 e. The molecule has 0 rings (SSSR count). The van der Waals surface area contributed by atoms with Crippen molar-refractivity contribution in [2.24, 2.45) is 11.8 Å². The number of likely N-dealkylation sites (N-methyl/N-ethyl adjacent to an activating group) is 1. The number of hydrogen-bond acceptors (Lipinski definition) is 3. The van der Waals surface area contributed by atoms with Gasteiger partial charge in [-0.25, -0.2) is 0 Å². The Morgan fingerprint density at radius 1 is 1.33 bits per heavy atom. The van der Waals surface area contributed by atoms with Crippen LogP contribution in [0, 0.1) is 11.8 Å². The van der Waals surface area contributed by atoms with Gasteiger partial charge in [0.1, 0.15) is 0 Å². The van der Waals surface area contributed by atoms with Gasteiger partial charge in [0.05, 0.1) is 12.5 Å². The lowest BCUT2D eigenvalue weighted by atomic mass is 9.96. The molecule has 0 aromatic heterocycles. The molecule has 5 heteroatoms. The van der Waals surface area contributed by atoms with Crippen molar-refractivity contribution in [1.29, 1.82) is 0 Å². The number of carbonyl (C=O) groups is 2. The van der Waals surface area contributed by atoms with Crippen molar-refractivity contribution in [2.45, 2.75) is 20.8 Å². The van der Waals surface area contributed by atoms with Gasteiger partial charge in [-0.1, -0.05) is 20.8 Å². The van der Waals surface area contributed by atoms with Gasteiger partial charge in [-0.15, -0.1) is 0 Å². The highest BCUT2D eigenvalue weighted by molar-refractivity contribution is 5.79. The predicted molar refractivity (Wildman–Crippen MR) is 57.5 cm³/mol. The molecule has 0 radical (unpaired) electrons. The Morgan fingerprint density at radius 3 is 2.33 bits per heavy atom. The van der Waals surface area contributed by atoms with Crippen molar-refractivity contribution < 1.29 is 14.7 Å². The Morgan fingerprint density at radius 2 is 1.93 bits per heavy atom. The topological polar surface area (TPSA) is 78.4 Å². The summed E-state index contributed by atoms with van der Waals surface area (Å²) >= 11 is 0. The molecular weight excluding hydrogens is 196 g/mol. The standard InChI is InChI=1S/C10H20N2O3/c1-4-11-6-9(13)12-5-8(7(2)3)10(14)15/h7-8,11H,4-6H2,1-3H3,(H,12,13)(H,14,15). The quantitative estimate of drug-likeness (QED) is 0.562. The minimum absolute atomic E-state index is 0.0157. The lowest BCUT2D eigenvalue weighted by Gasteiger charge is -2.16. The highest BCUT2D eigenvalue weighted by Crippen LogP contribution is 2.09. The molecule has 0 fully saturated rings. The number of carboxylic acids is 1. The zero-order chi connectivity index (χ0) is 11.8. The Kier molecular flexibility index (Phi) is 6.70. The zero-order valence-corrected chi connectivity index (χ0v) is 9.54. The van der Waals surface area contributed by atoms with Crippen molar-refractivity contribution >= 4 is 11.9 Å². The second-order valence-electron chi connectivity index (χ2n) is 3.77. The maximum absolute atomic E-state index is 11.2. The smallest absolute Gasteiger partial charge is 0.308 e. The summed E-state index contributed by atoms with van der Waals surface area (Å²) in [6, 6.07) is 0. The van der Waals surface area contributed by atoms with E-state index >= 15 is 0 Å². The first-order chi connectivity index (χ1) is 6.99. The molecule has 3 N–H and O–H groups in total. The fourth-order valence-electron chi connectivity index (χ4n) is 1.13. The summed E-state index contributed by atoms with van der Waals surface area (Å²) in [6.07, 6.45) is 0. The lowest BCUT2D eigenvalue weighted by molar-refractivity contribution is -0.143. The van der Waals surface area contributed by atoms with E-state index in [1.165, 1.54) is 0 Å². The van der Waals surface area contributed by atoms with E-state index in [2.05, 4.69) is 10.6 Å². The molecular formula is C10H20N2O3. The van der Waals surface area contributed by atoms with E-state index in [1.807, 2.05) is 20.8 Å². The molecule has 0 aromatic carbocycles. The van der Waals surface area contributed by atoms with E-state index in [-0.39, 0.29) is 24.9 Å². The third-order valence-corrected chi connectivity index (χ3v) is 2.18. The molecule has 0 saturated heterocycles. The number of hydrogen-bond donors (Lipinski definition) is 3. The summed E-state index contributed by atoms with van der Waals surface area (Å²) < 4.78 is 0. The molecule has 5 nitrogen and oxygen atoms in total. The lowest BCUT2D eigenvalue weighted by Crippen LogP contribution is -2.39. The number of carbonyl (C=O) groups excluding carboxylic acids is 1. The number of aliphatic carboxylic acids is 1. The summed E-state index contributed by atoms with van der Waals surface area (Å²) in [7, 11) is 0. The Labute approximate surface area is 90.2 Å². The normalized spacial score (nSPS) is 12.5. The van der Waals surface area contributed by atoms with E-state index in [4.69, 9.17) is 5.11 Å². The molecule has 0 aliphatic heterocycles. The van der Waals surface area contributed by atoms with E-state index in [9.17, 15) is 9.59 Å². The van der Waals surface area contributed by atoms with Crippen molar-refractivity contribution in [3.63, 3.8) is 0 Å². The minimum atomic E-state index is -0.867. The first-order valence-corrected chi connectivity index (χ1v) is 5.19. The average molecular weight is 216 g/mol. The largest absolute Gasteiger partial charge is 0.481 e. The SMILES string of the molecule is CCNCC(=O)NCC(C(=O)O)C(C)C. The van der Waals surface area contributed by atoms with Crippen LogP contribution in [0.3, 0.4) is 0 Å². The summed E-state index contributed by atoms with van der Waals surface area (Å²) in [4.78, 5) is 22.0. The zero-order valence-electron chi connectivity index (χ0n) is 9.54. The maximum atomic E-state index is 11.2. The van der Waals surface area contributed by atoms with Crippen molar-refractivity contribution in [3.05, 3.63) is 0 Å². The van der Waals surface area contributed by atoms with E-state index in [0.717, 1.165) is 6.54 Å². The second kappa shape index (κ2) is 7.23. The van der Waals surface area contributed by atoms with E-state index in [1.54, 1.807) is 0 Å². The molecule has 0 heterocycles. The first kappa shape index (κ1) is 13.9. The molecule has 1 amide bonds. The van der Waals surface area contributed by atoms with Crippen molar-refractivity contribution in [3.8, 4) is 0 Å². The molecule has 0 aromatic rings. The molecule has 0 saturated carbocycles. The first-order valence-electron chi connectivity index (χ1n) is 5.19. The highest BCUT2D eigenvalue weighted by Gasteiger charge is 2.21. The monoisotopic (exact) mass is 216 g/mol. The van der Waals surface area contributed by atoms with Gasteiger partial charge in [-0.3, -0.25) is 9.59 Å². The van der Waals surface area contributed by atoms with Crippen LogP contribution in [-0.4, -0.2) is 36.6 Å². The summed E-state index contributed by atoms with van der Waals surface area (Å²) in [5.74, 6) is -1.53. The Hall–Kier alpha value is -1.10. The number of amides is 1. The van der Waals surface area contributed by atoms with Crippen LogP contribution in [0.25, 0.3) is 0 Å². The van der Waals surface area contributed by atoms with Crippen LogP contribution in [0.2, 0.25) is 0 Å². The minimum Gasteiger partial charge on any atom is -0.481 e. The van der Waals surface area contributed by atoms with Crippen LogP contribution < -0.4 is 10.6 Å². The van der Waals surface area contributed by atoms with Crippen LogP contribution in [0.1, 0.15) is 20.8 Å². The summed E-state index contributed by atoms with van der Waals surface area (Å²) in [5, 5.41) is 14.3.